The summed E-state index contributed by atoms with van der Waals surface area (Å²) in [4.78, 5) is 9.00. The molecule has 4 nitrogen and oxygen atoms in total. The smallest absolute Gasteiger partial charge is 0.156 e. The van der Waals surface area contributed by atoms with Crippen molar-refractivity contribution in [2.75, 3.05) is 0 Å². The second-order valence-corrected chi connectivity index (χ2v) is 14.3. The van der Waals surface area contributed by atoms with E-state index in [-0.39, 0.29) is 5.41 Å². The van der Waals surface area contributed by atoms with Crippen LogP contribution < -0.4 is 0 Å². The summed E-state index contributed by atoms with van der Waals surface area (Å²) in [7, 11) is 0. The van der Waals surface area contributed by atoms with Crippen LogP contribution in [-0.2, 0) is 5.41 Å². The standard InChI is InChI=1S/C47H32N4/c1-47(2)39-12-6-3-11-35(39)46-36-27-32(19-15-29(36)16-20-40(46)47)50-41-13-7-4-9-33(41)37-25-30(17-21-43(37)50)31-18-22-44-38(26-31)34-10-5-8-14-42(34)51(44)45-28-48-23-24-49-45/h3-28H,1-2H3. The normalized spacial score (nSPS) is 13.5. The van der Waals surface area contributed by atoms with Crippen molar-refractivity contribution in [1.29, 1.82) is 0 Å². The van der Waals surface area contributed by atoms with Crippen molar-refractivity contribution in [2.24, 2.45) is 0 Å². The highest BCUT2D eigenvalue weighted by Crippen LogP contribution is 2.51. The highest BCUT2D eigenvalue weighted by molar-refractivity contribution is 6.13. The summed E-state index contributed by atoms with van der Waals surface area (Å²) in [5.74, 6) is 0.817. The predicted molar refractivity (Wildman–Crippen MR) is 211 cm³/mol. The lowest BCUT2D eigenvalue weighted by Crippen LogP contribution is -2.14. The van der Waals surface area contributed by atoms with Crippen molar-refractivity contribution >= 4 is 54.4 Å². The van der Waals surface area contributed by atoms with E-state index in [1.165, 1.54) is 82.4 Å². The number of rotatable bonds is 3. The zero-order valence-electron chi connectivity index (χ0n) is 28.3. The van der Waals surface area contributed by atoms with Gasteiger partial charge in [-0.1, -0.05) is 105 Å². The van der Waals surface area contributed by atoms with E-state index >= 15 is 0 Å². The molecule has 0 atom stereocenters. The molecule has 0 bridgehead atoms. The average molecular weight is 653 g/mol. The maximum atomic E-state index is 4.64. The Hall–Kier alpha value is -6.52. The van der Waals surface area contributed by atoms with Crippen LogP contribution in [0, 0.1) is 0 Å². The van der Waals surface area contributed by atoms with Gasteiger partial charge in [0.2, 0.25) is 0 Å². The summed E-state index contributed by atoms with van der Waals surface area (Å²) in [6, 6.07) is 51.6. The molecule has 11 rings (SSSR count). The van der Waals surface area contributed by atoms with Crippen molar-refractivity contribution in [2.45, 2.75) is 19.3 Å². The van der Waals surface area contributed by atoms with E-state index in [9.17, 15) is 0 Å². The minimum atomic E-state index is -0.0348. The molecule has 10 aromatic rings. The fraction of sp³-hybridized carbons (Fsp3) is 0.0638. The van der Waals surface area contributed by atoms with Gasteiger partial charge in [0.1, 0.15) is 0 Å². The number of hydrogen-bond acceptors (Lipinski definition) is 2. The van der Waals surface area contributed by atoms with Crippen molar-refractivity contribution < 1.29 is 0 Å². The third-order valence-corrected chi connectivity index (χ3v) is 11.3. The van der Waals surface area contributed by atoms with Gasteiger partial charge in [-0.2, -0.15) is 0 Å². The second kappa shape index (κ2) is 10.3. The van der Waals surface area contributed by atoms with Crippen LogP contribution in [0.2, 0.25) is 0 Å². The molecule has 0 unspecified atom stereocenters. The highest BCUT2D eigenvalue weighted by atomic mass is 15.1. The predicted octanol–water partition coefficient (Wildman–Crippen LogP) is 11.8. The molecule has 240 valence electrons. The van der Waals surface area contributed by atoms with Gasteiger partial charge in [-0.3, -0.25) is 9.55 Å². The average Bonchev–Trinajstić information content (AvgIpc) is 3.78. The topological polar surface area (TPSA) is 35.6 Å². The van der Waals surface area contributed by atoms with Crippen LogP contribution in [0.1, 0.15) is 25.0 Å². The Morgan fingerprint density at radius 2 is 1.12 bits per heavy atom. The number of fused-ring (bicyclic) bond motifs is 11. The molecular weight excluding hydrogens is 621 g/mol. The van der Waals surface area contributed by atoms with Gasteiger partial charge in [-0.15, -0.1) is 0 Å². The molecule has 4 heteroatoms. The Kier molecular flexibility index (Phi) is 5.70. The number of nitrogens with zero attached hydrogens (tertiary/aromatic N) is 4. The molecule has 3 aromatic heterocycles. The quantitative estimate of drug-likeness (QED) is 0.190. The van der Waals surface area contributed by atoms with Gasteiger partial charge in [0.25, 0.3) is 0 Å². The first-order valence-corrected chi connectivity index (χ1v) is 17.6. The minimum absolute atomic E-state index is 0.0348. The van der Waals surface area contributed by atoms with Crippen molar-refractivity contribution in [1.82, 2.24) is 19.1 Å². The van der Waals surface area contributed by atoms with Crippen molar-refractivity contribution in [3.05, 3.63) is 169 Å². The van der Waals surface area contributed by atoms with Crippen LogP contribution >= 0.6 is 0 Å². The fourth-order valence-electron chi connectivity index (χ4n) is 8.89. The van der Waals surface area contributed by atoms with E-state index < -0.39 is 0 Å². The van der Waals surface area contributed by atoms with Gasteiger partial charge in [0.15, 0.2) is 5.82 Å². The first-order valence-electron chi connectivity index (χ1n) is 17.6. The molecule has 7 aromatic carbocycles. The lowest BCUT2D eigenvalue weighted by molar-refractivity contribution is 0.661. The summed E-state index contributed by atoms with van der Waals surface area (Å²) in [6.45, 7) is 4.71. The monoisotopic (exact) mass is 652 g/mol. The minimum Gasteiger partial charge on any atom is -0.309 e. The van der Waals surface area contributed by atoms with Gasteiger partial charge in [-0.05, 0) is 92.7 Å². The summed E-state index contributed by atoms with van der Waals surface area (Å²) in [6.07, 6.45) is 5.29. The SMILES string of the molecule is CC1(C)c2ccccc2-c2c1ccc1ccc(-n3c4ccccc4c4cc(-c5ccc6c(c5)c5ccccc5n6-c5cnccn5)ccc43)cc21. The molecule has 51 heavy (non-hydrogen) atoms. The number of hydrogen-bond donors (Lipinski definition) is 0. The molecule has 0 fully saturated rings. The fourth-order valence-corrected chi connectivity index (χ4v) is 8.89. The third kappa shape index (κ3) is 3.90. The van der Waals surface area contributed by atoms with Gasteiger partial charge in [-0.25, -0.2) is 4.98 Å². The Morgan fingerprint density at radius 1 is 0.490 bits per heavy atom. The van der Waals surface area contributed by atoms with Gasteiger partial charge in [0, 0.05) is 45.0 Å². The molecule has 3 heterocycles. The molecule has 0 aliphatic heterocycles. The molecule has 0 radical (unpaired) electrons. The molecule has 0 saturated carbocycles. The second-order valence-electron chi connectivity index (χ2n) is 14.3. The largest absolute Gasteiger partial charge is 0.309 e. The van der Waals surface area contributed by atoms with E-state index in [0.29, 0.717) is 0 Å². The van der Waals surface area contributed by atoms with Crippen LogP contribution in [0.5, 0.6) is 0 Å². The Morgan fingerprint density at radius 3 is 1.84 bits per heavy atom. The molecule has 0 N–H and O–H groups in total. The number of aromatic nitrogens is 4. The molecular formula is C47H32N4. The van der Waals surface area contributed by atoms with Crippen molar-refractivity contribution in [3.8, 4) is 33.8 Å². The van der Waals surface area contributed by atoms with E-state index in [1.54, 1.807) is 12.4 Å². The van der Waals surface area contributed by atoms with Crippen LogP contribution in [0.15, 0.2) is 158 Å². The van der Waals surface area contributed by atoms with Crippen molar-refractivity contribution in [3.63, 3.8) is 0 Å². The third-order valence-electron chi connectivity index (χ3n) is 11.3. The van der Waals surface area contributed by atoms with Crippen LogP contribution in [-0.4, -0.2) is 19.1 Å². The van der Waals surface area contributed by atoms with E-state index in [0.717, 1.165) is 16.9 Å². The maximum absolute atomic E-state index is 4.64. The van der Waals surface area contributed by atoms with Crippen LogP contribution in [0.25, 0.3) is 88.1 Å². The summed E-state index contributed by atoms with van der Waals surface area (Å²) in [5, 5.41) is 7.47. The van der Waals surface area contributed by atoms with Gasteiger partial charge < -0.3 is 4.57 Å². The Bertz CT molecular complexity index is 3050. The van der Waals surface area contributed by atoms with Crippen LogP contribution in [0.3, 0.4) is 0 Å². The number of benzene rings is 7. The van der Waals surface area contributed by atoms with Crippen LogP contribution in [0.4, 0.5) is 0 Å². The first kappa shape index (κ1) is 28.3. The van der Waals surface area contributed by atoms with E-state index in [1.807, 2.05) is 6.20 Å². The zero-order chi connectivity index (χ0) is 33.8. The first-order chi connectivity index (χ1) is 25.1. The number of para-hydroxylation sites is 2. The van der Waals surface area contributed by atoms with E-state index in [4.69, 9.17) is 0 Å². The lowest BCUT2D eigenvalue weighted by Gasteiger charge is -2.21. The molecule has 1 aliphatic carbocycles. The molecule has 1 aliphatic rings. The lowest BCUT2D eigenvalue weighted by atomic mass is 9.82. The van der Waals surface area contributed by atoms with E-state index in [2.05, 4.69) is 172 Å². The Labute approximate surface area is 294 Å². The maximum Gasteiger partial charge on any atom is 0.156 e. The zero-order valence-corrected chi connectivity index (χ0v) is 28.3. The summed E-state index contributed by atoms with van der Waals surface area (Å²) < 4.78 is 4.65. The molecule has 0 saturated heterocycles. The summed E-state index contributed by atoms with van der Waals surface area (Å²) in [5.41, 5.74) is 13.7. The van der Waals surface area contributed by atoms with Gasteiger partial charge >= 0.3 is 0 Å². The highest BCUT2D eigenvalue weighted by Gasteiger charge is 2.36. The Balaban J connectivity index is 1.11. The summed E-state index contributed by atoms with van der Waals surface area (Å²) >= 11 is 0. The molecule has 0 amide bonds. The molecule has 0 spiro atoms. The van der Waals surface area contributed by atoms with Gasteiger partial charge in [0.05, 0.1) is 28.3 Å².